The minimum atomic E-state index is 0.538. The number of anilines is 2. The van der Waals surface area contributed by atoms with Gasteiger partial charge in [-0.25, -0.2) is 0 Å². The van der Waals surface area contributed by atoms with Gasteiger partial charge >= 0.3 is 0 Å². The Balaban J connectivity index is 1.97. The summed E-state index contributed by atoms with van der Waals surface area (Å²) in [5.41, 5.74) is 10.7. The molecule has 2 aromatic carbocycles. The van der Waals surface area contributed by atoms with Crippen molar-refractivity contribution in [3.63, 3.8) is 0 Å². The molecule has 22 heavy (non-hydrogen) atoms. The largest absolute Gasteiger partial charge is 0.489 e. The number of nitrogens with one attached hydrogen (secondary N) is 1. The molecular formula is C18H19N3O. The van der Waals surface area contributed by atoms with Crippen LogP contribution in [0.1, 0.15) is 11.1 Å². The van der Waals surface area contributed by atoms with Gasteiger partial charge in [0.1, 0.15) is 12.4 Å². The summed E-state index contributed by atoms with van der Waals surface area (Å²) in [5.74, 6) is 0.817. The van der Waals surface area contributed by atoms with Gasteiger partial charge in [-0.2, -0.15) is 0 Å². The van der Waals surface area contributed by atoms with Gasteiger partial charge in [-0.3, -0.25) is 4.98 Å². The molecular weight excluding hydrogens is 274 g/mol. The Bertz CT molecular complexity index is 800. The zero-order valence-corrected chi connectivity index (χ0v) is 12.8. The fourth-order valence-corrected chi connectivity index (χ4v) is 2.57. The zero-order valence-electron chi connectivity index (χ0n) is 12.8. The van der Waals surface area contributed by atoms with E-state index in [1.807, 2.05) is 56.4 Å². The topological polar surface area (TPSA) is 60.2 Å². The molecule has 4 nitrogen and oxygen atoms in total. The maximum atomic E-state index is 6.00. The number of nitrogen functional groups attached to an aromatic ring is 1. The molecule has 0 amide bonds. The van der Waals surface area contributed by atoms with Gasteiger partial charge in [0.2, 0.25) is 0 Å². The van der Waals surface area contributed by atoms with Crippen LogP contribution >= 0.6 is 0 Å². The number of nitrogens with two attached hydrogens (primary N) is 1. The monoisotopic (exact) mass is 293 g/mol. The van der Waals surface area contributed by atoms with Gasteiger partial charge in [0.25, 0.3) is 0 Å². The normalized spacial score (nSPS) is 10.6. The van der Waals surface area contributed by atoms with E-state index in [1.165, 1.54) is 0 Å². The number of aryl methyl sites for hydroxylation is 1. The highest BCUT2D eigenvalue weighted by atomic mass is 16.5. The fourth-order valence-electron chi connectivity index (χ4n) is 2.57. The molecule has 4 heteroatoms. The van der Waals surface area contributed by atoms with E-state index in [2.05, 4.69) is 10.3 Å². The molecule has 112 valence electrons. The zero-order chi connectivity index (χ0) is 15.5. The Labute approximate surface area is 129 Å². The highest BCUT2D eigenvalue weighted by molar-refractivity contribution is 5.99. The smallest absolute Gasteiger partial charge is 0.120 e. The minimum absolute atomic E-state index is 0.538. The molecule has 0 aliphatic heterocycles. The molecule has 1 heterocycles. The summed E-state index contributed by atoms with van der Waals surface area (Å²) in [6, 6.07) is 14.1. The van der Waals surface area contributed by atoms with Crippen LogP contribution in [-0.2, 0) is 6.61 Å². The first kappa shape index (κ1) is 14.2. The van der Waals surface area contributed by atoms with Gasteiger partial charge < -0.3 is 15.8 Å². The van der Waals surface area contributed by atoms with E-state index in [1.54, 1.807) is 6.20 Å². The van der Waals surface area contributed by atoms with Crippen LogP contribution < -0.4 is 15.8 Å². The van der Waals surface area contributed by atoms with E-state index in [0.717, 1.165) is 33.5 Å². The van der Waals surface area contributed by atoms with Crippen molar-refractivity contribution in [1.29, 1.82) is 0 Å². The van der Waals surface area contributed by atoms with Crippen molar-refractivity contribution in [2.45, 2.75) is 13.5 Å². The van der Waals surface area contributed by atoms with Gasteiger partial charge in [0, 0.05) is 12.4 Å². The number of ether oxygens (including phenoxy) is 1. The van der Waals surface area contributed by atoms with E-state index in [9.17, 15) is 0 Å². The standard InChI is InChI=1S/C18H19N3O/c1-12-8-14(22-11-13-6-4-3-5-7-13)9-15-17(12)21-10-16(19)18(15)20-2/h3-10H,11,19H2,1-2H3,(H,20,21). The number of fused-ring (bicyclic) bond motifs is 1. The lowest BCUT2D eigenvalue weighted by Crippen LogP contribution is -2.00. The maximum absolute atomic E-state index is 6.00. The Morgan fingerprint density at radius 1 is 1.18 bits per heavy atom. The van der Waals surface area contributed by atoms with E-state index >= 15 is 0 Å². The van der Waals surface area contributed by atoms with Crippen molar-refractivity contribution < 1.29 is 4.74 Å². The van der Waals surface area contributed by atoms with Gasteiger partial charge in [0.15, 0.2) is 0 Å². The van der Waals surface area contributed by atoms with Crippen molar-refractivity contribution in [3.05, 3.63) is 59.8 Å². The van der Waals surface area contributed by atoms with Crippen molar-refractivity contribution in [3.8, 4) is 5.75 Å². The SMILES string of the molecule is CNc1c(N)cnc2c(C)cc(OCc3ccccc3)cc12. The molecule has 0 aliphatic rings. The fraction of sp³-hybridized carbons (Fsp3) is 0.167. The first-order valence-electron chi connectivity index (χ1n) is 7.22. The van der Waals surface area contributed by atoms with Gasteiger partial charge in [-0.15, -0.1) is 0 Å². The first-order valence-corrected chi connectivity index (χ1v) is 7.22. The molecule has 0 fully saturated rings. The quantitative estimate of drug-likeness (QED) is 0.769. The van der Waals surface area contributed by atoms with Crippen LogP contribution in [0.4, 0.5) is 11.4 Å². The molecule has 0 spiro atoms. The molecule has 1 aromatic heterocycles. The van der Waals surface area contributed by atoms with Gasteiger partial charge in [0.05, 0.1) is 23.1 Å². The summed E-state index contributed by atoms with van der Waals surface area (Å²) < 4.78 is 5.92. The molecule has 0 atom stereocenters. The summed E-state index contributed by atoms with van der Waals surface area (Å²) in [6.07, 6.45) is 1.69. The number of nitrogens with zero attached hydrogens (tertiary/aromatic N) is 1. The van der Waals surface area contributed by atoms with Gasteiger partial charge in [-0.1, -0.05) is 30.3 Å². The number of pyridine rings is 1. The maximum Gasteiger partial charge on any atom is 0.120 e. The van der Waals surface area contributed by atoms with Crippen LogP contribution in [0.25, 0.3) is 10.9 Å². The highest BCUT2D eigenvalue weighted by Crippen LogP contribution is 2.32. The predicted molar refractivity (Wildman–Crippen MR) is 91.2 cm³/mol. The molecule has 3 N–H and O–H groups in total. The van der Waals surface area contributed by atoms with Crippen molar-refractivity contribution in [2.75, 3.05) is 18.1 Å². The van der Waals surface area contributed by atoms with E-state index in [0.29, 0.717) is 12.3 Å². The lowest BCUT2D eigenvalue weighted by Gasteiger charge is -2.13. The molecule has 0 radical (unpaired) electrons. The molecule has 0 aliphatic carbocycles. The predicted octanol–water partition coefficient (Wildman–Crippen LogP) is 3.75. The summed E-state index contributed by atoms with van der Waals surface area (Å²) >= 11 is 0. The van der Waals surface area contributed by atoms with Gasteiger partial charge in [-0.05, 0) is 30.2 Å². The van der Waals surface area contributed by atoms with Crippen molar-refractivity contribution in [1.82, 2.24) is 4.98 Å². The Morgan fingerprint density at radius 2 is 1.95 bits per heavy atom. The third-order valence-electron chi connectivity index (χ3n) is 3.66. The van der Waals surface area contributed by atoms with Crippen LogP contribution in [0.15, 0.2) is 48.7 Å². The second kappa shape index (κ2) is 5.93. The third kappa shape index (κ3) is 2.68. The summed E-state index contributed by atoms with van der Waals surface area (Å²) in [5, 5.41) is 4.12. The lowest BCUT2D eigenvalue weighted by molar-refractivity contribution is 0.306. The number of rotatable bonds is 4. The molecule has 0 saturated carbocycles. The Morgan fingerprint density at radius 3 is 2.68 bits per heavy atom. The summed E-state index contributed by atoms with van der Waals surface area (Å²) in [6.45, 7) is 2.57. The first-order chi connectivity index (χ1) is 10.7. The minimum Gasteiger partial charge on any atom is -0.489 e. The van der Waals surface area contributed by atoms with Crippen LogP contribution in [0.5, 0.6) is 5.75 Å². The average Bonchev–Trinajstić information content (AvgIpc) is 2.54. The molecule has 0 bridgehead atoms. The second-order valence-electron chi connectivity index (χ2n) is 5.25. The molecule has 0 unspecified atom stereocenters. The van der Waals surface area contributed by atoms with E-state index in [-0.39, 0.29) is 0 Å². The van der Waals surface area contributed by atoms with E-state index < -0.39 is 0 Å². The Hall–Kier alpha value is -2.75. The van der Waals surface area contributed by atoms with Crippen LogP contribution in [0.3, 0.4) is 0 Å². The average molecular weight is 293 g/mol. The number of benzene rings is 2. The number of hydrogen-bond acceptors (Lipinski definition) is 4. The molecule has 0 saturated heterocycles. The molecule has 3 rings (SSSR count). The summed E-state index contributed by atoms with van der Waals surface area (Å²) in [4.78, 5) is 4.43. The number of hydrogen-bond donors (Lipinski definition) is 2. The van der Waals surface area contributed by atoms with E-state index in [4.69, 9.17) is 10.5 Å². The third-order valence-corrected chi connectivity index (χ3v) is 3.66. The summed E-state index contributed by atoms with van der Waals surface area (Å²) in [7, 11) is 1.86. The van der Waals surface area contributed by atoms with Crippen molar-refractivity contribution >= 4 is 22.3 Å². The lowest BCUT2D eigenvalue weighted by atomic mass is 10.1. The number of aromatic nitrogens is 1. The second-order valence-corrected chi connectivity index (χ2v) is 5.25. The van der Waals surface area contributed by atoms with Crippen LogP contribution in [0, 0.1) is 6.92 Å². The van der Waals surface area contributed by atoms with Crippen molar-refractivity contribution in [2.24, 2.45) is 0 Å². The Kier molecular flexibility index (Phi) is 3.83. The van der Waals surface area contributed by atoms with Crippen LogP contribution in [-0.4, -0.2) is 12.0 Å². The molecule has 3 aromatic rings. The highest BCUT2D eigenvalue weighted by Gasteiger charge is 2.10. The van der Waals surface area contributed by atoms with Crippen LogP contribution in [0.2, 0.25) is 0 Å².